The molecule has 2 aromatic carbocycles. The second-order valence-corrected chi connectivity index (χ2v) is 10.7. The van der Waals surface area contributed by atoms with Crippen LogP contribution in [0.25, 0.3) is 6.08 Å². The Labute approximate surface area is 230 Å². The van der Waals surface area contributed by atoms with Gasteiger partial charge in [-0.05, 0) is 65.6 Å². The number of rotatable bonds is 5. The third kappa shape index (κ3) is 5.51. The van der Waals surface area contributed by atoms with E-state index in [1.807, 2.05) is 41.3 Å². The van der Waals surface area contributed by atoms with Crippen molar-refractivity contribution in [3.8, 4) is 0 Å². The molecule has 3 aromatic rings. The fraction of sp³-hybridized carbons (Fsp3) is 0.259. The van der Waals surface area contributed by atoms with Crippen molar-refractivity contribution in [1.29, 1.82) is 0 Å². The average molecular weight is 562 g/mol. The van der Waals surface area contributed by atoms with E-state index in [-0.39, 0.29) is 18.0 Å². The van der Waals surface area contributed by atoms with E-state index in [1.165, 1.54) is 0 Å². The normalized spacial score (nSPS) is 19.4. The number of carbonyl (C=O) groups excluding carboxylic acids is 1. The molecule has 2 unspecified atom stereocenters. The number of likely N-dealkylation sites (tertiary alicyclic amines) is 1. The lowest BCUT2D eigenvalue weighted by atomic mass is 9.89. The molecule has 0 saturated carbocycles. The lowest BCUT2D eigenvalue weighted by Crippen LogP contribution is -2.50. The van der Waals surface area contributed by atoms with Gasteiger partial charge in [-0.2, -0.15) is 0 Å². The maximum Gasteiger partial charge on any atom is 0.322 e. The number of anilines is 1. The average Bonchev–Trinajstić information content (AvgIpc) is 3.18. The van der Waals surface area contributed by atoms with Crippen molar-refractivity contribution < 1.29 is 4.79 Å². The van der Waals surface area contributed by atoms with Crippen molar-refractivity contribution in [2.45, 2.75) is 24.9 Å². The van der Waals surface area contributed by atoms with E-state index >= 15 is 0 Å². The molecule has 2 aliphatic rings. The number of nitrogens with one attached hydrogen (secondary N) is 1. The number of aromatic nitrogens is 1. The zero-order valence-electron chi connectivity index (χ0n) is 19.3. The Morgan fingerprint density at radius 3 is 2.72 bits per heavy atom. The highest BCUT2D eigenvalue weighted by molar-refractivity contribution is 6.42. The summed E-state index contributed by atoms with van der Waals surface area (Å²) in [5, 5.41) is 5.23. The Balaban J connectivity index is 1.29. The molecule has 1 N–H and O–H groups in total. The molecule has 36 heavy (non-hydrogen) atoms. The van der Waals surface area contributed by atoms with Gasteiger partial charge in [0.1, 0.15) is 5.15 Å². The van der Waals surface area contributed by atoms with Gasteiger partial charge >= 0.3 is 6.03 Å². The molecule has 5 nitrogen and oxygen atoms in total. The van der Waals surface area contributed by atoms with E-state index < -0.39 is 0 Å². The van der Waals surface area contributed by atoms with Gasteiger partial charge in [0.25, 0.3) is 0 Å². The van der Waals surface area contributed by atoms with Gasteiger partial charge in [0, 0.05) is 55.0 Å². The van der Waals surface area contributed by atoms with Crippen molar-refractivity contribution in [2.24, 2.45) is 0 Å². The first-order valence-corrected chi connectivity index (χ1v) is 13.2. The number of piperidine rings is 1. The highest BCUT2D eigenvalue weighted by atomic mass is 35.5. The van der Waals surface area contributed by atoms with Gasteiger partial charge in [-0.15, -0.1) is 0 Å². The van der Waals surface area contributed by atoms with Crippen LogP contribution in [0, 0.1) is 0 Å². The number of pyridine rings is 1. The monoisotopic (exact) mass is 560 g/mol. The minimum absolute atomic E-state index is 0.0785. The first-order chi connectivity index (χ1) is 17.4. The standard InChI is InChI=1S/C27H24Cl4N4O/c28-19-4-6-24-20(14-19)21-16-34(10-1-2-17-3-5-22(29)23(30)12-17)11-8-25(21)35(24)27(36)33-15-18-7-9-32-26(31)13-18/h1-7,9,12-14,21,25H,8,10-11,15-16H2,(H,33,36)/b2-1+. The van der Waals surface area contributed by atoms with Crippen LogP contribution < -0.4 is 10.2 Å². The molecule has 2 atom stereocenters. The SMILES string of the molecule is O=C(NCc1ccnc(Cl)c1)N1c2ccc(Cl)cc2C2CN(C/C=C/c3ccc(Cl)c(Cl)c3)CCC21. The fourth-order valence-electron chi connectivity index (χ4n) is 5.04. The lowest BCUT2D eigenvalue weighted by Gasteiger charge is -2.37. The van der Waals surface area contributed by atoms with Crippen LogP contribution in [0.15, 0.2) is 60.8 Å². The second-order valence-electron chi connectivity index (χ2n) is 9.02. The quantitative estimate of drug-likeness (QED) is 0.332. The van der Waals surface area contributed by atoms with Gasteiger partial charge < -0.3 is 5.32 Å². The second kappa shape index (κ2) is 11.0. The largest absolute Gasteiger partial charge is 0.334 e. The van der Waals surface area contributed by atoms with Crippen molar-refractivity contribution in [3.63, 3.8) is 0 Å². The van der Waals surface area contributed by atoms with Crippen molar-refractivity contribution >= 4 is 64.2 Å². The molecule has 0 aliphatic carbocycles. The van der Waals surface area contributed by atoms with Gasteiger partial charge in [-0.25, -0.2) is 9.78 Å². The van der Waals surface area contributed by atoms with Gasteiger partial charge in [-0.1, -0.05) is 64.6 Å². The van der Waals surface area contributed by atoms with E-state index in [2.05, 4.69) is 27.4 Å². The Hall–Kier alpha value is -2.28. The molecular formula is C27H24Cl4N4O. The Morgan fingerprint density at radius 1 is 1.06 bits per heavy atom. The summed E-state index contributed by atoms with van der Waals surface area (Å²) in [5.74, 6) is 0.187. The van der Waals surface area contributed by atoms with Gasteiger partial charge in [0.05, 0.1) is 10.0 Å². The molecule has 0 radical (unpaired) electrons. The molecule has 1 saturated heterocycles. The molecule has 2 aliphatic heterocycles. The summed E-state index contributed by atoms with van der Waals surface area (Å²) in [6, 6.07) is 15.0. The number of hydrogen-bond donors (Lipinski definition) is 1. The highest BCUT2D eigenvalue weighted by Crippen LogP contribution is 2.45. The number of hydrogen-bond acceptors (Lipinski definition) is 3. The number of fused-ring (bicyclic) bond motifs is 3. The minimum atomic E-state index is -0.119. The van der Waals surface area contributed by atoms with Gasteiger partial charge in [-0.3, -0.25) is 9.80 Å². The Kier molecular flexibility index (Phi) is 7.75. The number of amides is 2. The van der Waals surface area contributed by atoms with Crippen LogP contribution >= 0.6 is 46.4 Å². The number of urea groups is 1. The molecule has 2 amide bonds. The summed E-state index contributed by atoms with van der Waals surface area (Å²) in [6.07, 6.45) is 6.70. The third-order valence-electron chi connectivity index (χ3n) is 6.71. The molecule has 9 heteroatoms. The summed E-state index contributed by atoms with van der Waals surface area (Å²) in [4.78, 5) is 21.7. The first-order valence-electron chi connectivity index (χ1n) is 11.7. The molecule has 1 fully saturated rings. The zero-order valence-corrected chi connectivity index (χ0v) is 22.3. The number of halogens is 4. The van der Waals surface area contributed by atoms with Crippen LogP contribution in [0.4, 0.5) is 10.5 Å². The third-order valence-corrected chi connectivity index (χ3v) is 7.89. The minimum Gasteiger partial charge on any atom is -0.334 e. The lowest BCUT2D eigenvalue weighted by molar-refractivity contribution is 0.205. The topological polar surface area (TPSA) is 48.5 Å². The van der Waals surface area contributed by atoms with Gasteiger partial charge in [0.15, 0.2) is 0 Å². The Bertz CT molecular complexity index is 1310. The first kappa shape index (κ1) is 25.4. The maximum absolute atomic E-state index is 13.4. The predicted octanol–water partition coefficient (Wildman–Crippen LogP) is 7.30. The highest BCUT2D eigenvalue weighted by Gasteiger charge is 2.44. The number of nitrogens with zero attached hydrogens (tertiary/aromatic N) is 3. The van der Waals surface area contributed by atoms with E-state index in [0.29, 0.717) is 26.8 Å². The molecular weight excluding hydrogens is 538 g/mol. The maximum atomic E-state index is 13.4. The van der Waals surface area contributed by atoms with Crippen molar-refractivity contribution in [3.05, 3.63) is 97.7 Å². The van der Waals surface area contributed by atoms with E-state index in [1.54, 1.807) is 18.3 Å². The summed E-state index contributed by atoms with van der Waals surface area (Å²) in [7, 11) is 0. The summed E-state index contributed by atoms with van der Waals surface area (Å²) >= 11 is 24.5. The van der Waals surface area contributed by atoms with Crippen LogP contribution in [0.5, 0.6) is 0 Å². The molecule has 3 heterocycles. The van der Waals surface area contributed by atoms with Crippen LogP contribution in [-0.2, 0) is 6.54 Å². The number of carbonyl (C=O) groups is 1. The molecule has 0 spiro atoms. The molecule has 186 valence electrons. The van der Waals surface area contributed by atoms with Crippen LogP contribution in [0.2, 0.25) is 20.2 Å². The summed E-state index contributed by atoms with van der Waals surface area (Å²) in [6.45, 7) is 2.91. The molecule has 5 rings (SSSR count). The van der Waals surface area contributed by atoms with Crippen LogP contribution in [-0.4, -0.2) is 41.6 Å². The van der Waals surface area contributed by atoms with E-state index in [4.69, 9.17) is 46.4 Å². The summed E-state index contributed by atoms with van der Waals surface area (Å²) < 4.78 is 0. The smallest absolute Gasteiger partial charge is 0.322 e. The van der Waals surface area contributed by atoms with Crippen LogP contribution in [0.1, 0.15) is 29.0 Å². The summed E-state index contributed by atoms with van der Waals surface area (Å²) in [5.41, 5.74) is 3.95. The van der Waals surface area contributed by atoms with Crippen LogP contribution in [0.3, 0.4) is 0 Å². The van der Waals surface area contributed by atoms with Crippen molar-refractivity contribution in [1.82, 2.24) is 15.2 Å². The fourth-order valence-corrected chi connectivity index (χ4v) is 5.72. The molecule has 0 bridgehead atoms. The van der Waals surface area contributed by atoms with Crippen molar-refractivity contribution in [2.75, 3.05) is 24.5 Å². The van der Waals surface area contributed by atoms with Gasteiger partial charge in [0.2, 0.25) is 0 Å². The zero-order chi connectivity index (χ0) is 25.2. The van der Waals surface area contributed by atoms with E-state index in [9.17, 15) is 4.79 Å². The van der Waals surface area contributed by atoms with E-state index in [0.717, 1.165) is 48.4 Å². The number of benzene rings is 2. The predicted molar refractivity (Wildman–Crippen MR) is 148 cm³/mol. The Morgan fingerprint density at radius 2 is 1.92 bits per heavy atom. The molecule has 1 aromatic heterocycles.